The lowest BCUT2D eigenvalue weighted by Gasteiger charge is -2.15. The van der Waals surface area contributed by atoms with Crippen molar-refractivity contribution in [2.24, 2.45) is 0 Å². The predicted molar refractivity (Wildman–Crippen MR) is 91.0 cm³/mol. The summed E-state index contributed by atoms with van der Waals surface area (Å²) in [6.07, 6.45) is 2.52. The van der Waals surface area contributed by atoms with Gasteiger partial charge in [-0.05, 0) is 37.5 Å². The number of nitrogens with one attached hydrogen (secondary N) is 2. The van der Waals surface area contributed by atoms with Crippen LogP contribution < -0.4 is 15.4 Å². The highest BCUT2D eigenvalue weighted by molar-refractivity contribution is 7.07. The molecule has 1 saturated heterocycles. The summed E-state index contributed by atoms with van der Waals surface area (Å²) in [7, 11) is 0. The number of amides is 2. The topological polar surface area (TPSA) is 80.3 Å². The third kappa shape index (κ3) is 4.32. The molecule has 3 rings (SSSR count). The quantitative estimate of drug-likeness (QED) is 0.870. The molecule has 0 saturated carbocycles. The van der Waals surface area contributed by atoms with Gasteiger partial charge in [-0.1, -0.05) is 6.07 Å². The van der Waals surface area contributed by atoms with Crippen molar-refractivity contribution in [2.45, 2.75) is 31.9 Å². The molecular formula is C17H19N3O3S. The molecule has 1 aliphatic rings. The van der Waals surface area contributed by atoms with Crippen molar-refractivity contribution >= 4 is 23.2 Å². The Morgan fingerprint density at radius 1 is 1.42 bits per heavy atom. The average Bonchev–Trinajstić information content (AvgIpc) is 3.04. The highest BCUT2D eigenvalue weighted by Gasteiger charge is 2.22. The van der Waals surface area contributed by atoms with Gasteiger partial charge in [-0.25, -0.2) is 4.98 Å². The van der Waals surface area contributed by atoms with E-state index >= 15 is 0 Å². The van der Waals surface area contributed by atoms with Gasteiger partial charge in [-0.15, -0.1) is 11.3 Å². The second-order valence-electron chi connectivity index (χ2n) is 5.61. The number of ether oxygens (including phenoxy) is 1. The van der Waals surface area contributed by atoms with E-state index in [0.717, 1.165) is 18.5 Å². The molecule has 126 valence electrons. The summed E-state index contributed by atoms with van der Waals surface area (Å²) in [4.78, 5) is 28.5. The first kappa shape index (κ1) is 16.4. The lowest BCUT2D eigenvalue weighted by molar-refractivity contribution is -0.122. The molecule has 1 aromatic heterocycles. The zero-order valence-electron chi connectivity index (χ0n) is 13.2. The van der Waals surface area contributed by atoms with E-state index in [1.54, 1.807) is 29.8 Å². The summed E-state index contributed by atoms with van der Waals surface area (Å²) in [6, 6.07) is 6.47. The van der Waals surface area contributed by atoms with Crippen LogP contribution in [-0.2, 0) is 11.4 Å². The van der Waals surface area contributed by atoms with E-state index in [0.29, 0.717) is 30.9 Å². The van der Waals surface area contributed by atoms with Crippen LogP contribution in [0.2, 0.25) is 0 Å². The molecule has 2 heterocycles. The molecule has 0 unspecified atom stereocenters. The number of hydrogen-bond acceptors (Lipinski definition) is 5. The Hall–Kier alpha value is -2.41. The third-order valence-electron chi connectivity index (χ3n) is 3.81. The van der Waals surface area contributed by atoms with Crippen LogP contribution in [0.5, 0.6) is 5.75 Å². The van der Waals surface area contributed by atoms with Crippen LogP contribution in [0.1, 0.15) is 35.3 Å². The van der Waals surface area contributed by atoms with Crippen molar-refractivity contribution in [1.82, 2.24) is 15.6 Å². The van der Waals surface area contributed by atoms with E-state index in [4.69, 9.17) is 4.74 Å². The van der Waals surface area contributed by atoms with Crippen LogP contribution in [0.15, 0.2) is 35.2 Å². The van der Waals surface area contributed by atoms with Crippen LogP contribution in [-0.4, -0.2) is 29.4 Å². The zero-order valence-corrected chi connectivity index (χ0v) is 14.0. The van der Waals surface area contributed by atoms with Crippen LogP contribution in [0.3, 0.4) is 0 Å². The zero-order chi connectivity index (χ0) is 16.8. The molecule has 0 radical (unpaired) electrons. The fourth-order valence-corrected chi connectivity index (χ4v) is 3.05. The summed E-state index contributed by atoms with van der Waals surface area (Å²) >= 11 is 1.51. The van der Waals surface area contributed by atoms with E-state index in [-0.39, 0.29) is 11.8 Å². The van der Waals surface area contributed by atoms with Gasteiger partial charge in [0.2, 0.25) is 5.91 Å². The Morgan fingerprint density at radius 3 is 3.17 bits per heavy atom. The molecule has 0 spiro atoms. The molecule has 1 aromatic carbocycles. The van der Waals surface area contributed by atoms with Gasteiger partial charge in [-0.3, -0.25) is 9.59 Å². The maximum absolute atomic E-state index is 12.4. The third-order valence-corrected chi connectivity index (χ3v) is 4.44. The minimum absolute atomic E-state index is 0.114. The van der Waals surface area contributed by atoms with Gasteiger partial charge in [0.05, 0.1) is 11.2 Å². The average molecular weight is 345 g/mol. The smallest absolute Gasteiger partial charge is 0.252 e. The Morgan fingerprint density at radius 2 is 2.33 bits per heavy atom. The Balaban J connectivity index is 1.62. The van der Waals surface area contributed by atoms with Crippen LogP contribution >= 0.6 is 11.3 Å². The number of aromatic nitrogens is 1. The highest BCUT2D eigenvalue weighted by Crippen LogP contribution is 2.16. The summed E-state index contributed by atoms with van der Waals surface area (Å²) in [6.45, 7) is 1.03. The van der Waals surface area contributed by atoms with Crippen LogP contribution in [0.25, 0.3) is 0 Å². The first-order chi connectivity index (χ1) is 11.7. The van der Waals surface area contributed by atoms with Gasteiger partial charge in [-0.2, -0.15) is 0 Å². The molecule has 1 aliphatic heterocycles. The number of thiazole rings is 1. The lowest BCUT2D eigenvalue weighted by Crippen LogP contribution is -2.45. The predicted octanol–water partition coefficient (Wildman–Crippen LogP) is 2.12. The summed E-state index contributed by atoms with van der Waals surface area (Å²) in [5.41, 5.74) is 3.08. The van der Waals surface area contributed by atoms with E-state index in [2.05, 4.69) is 15.6 Å². The molecule has 6 nitrogen and oxygen atoms in total. The Kier molecular flexibility index (Phi) is 5.43. The molecule has 2 N–H and O–H groups in total. The van der Waals surface area contributed by atoms with E-state index in [1.807, 2.05) is 5.38 Å². The summed E-state index contributed by atoms with van der Waals surface area (Å²) < 4.78 is 5.66. The second-order valence-corrected chi connectivity index (χ2v) is 6.33. The van der Waals surface area contributed by atoms with Crippen molar-refractivity contribution in [1.29, 1.82) is 0 Å². The second kappa shape index (κ2) is 7.92. The Bertz CT molecular complexity index is 703. The van der Waals surface area contributed by atoms with Gasteiger partial charge in [0, 0.05) is 17.5 Å². The first-order valence-corrected chi connectivity index (χ1v) is 8.85. The lowest BCUT2D eigenvalue weighted by atomic mass is 10.1. The van der Waals surface area contributed by atoms with Gasteiger partial charge >= 0.3 is 0 Å². The molecule has 1 atom stereocenters. The Labute approximate surface area is 144 Å². The largest absolute Gasteiger partial charge is 0.487 e. The maximum Gasteiger partial charge on any atom is 0.252 e. The number of carbonyl (C=O) groups excluding carboxylic acids is 2. The van der Waals surface area contributed by atoms with Gasteiger partial charge in [0.1, 0.15) is 18.4 Å². The van der Waals surface area contributed by atoms with Crippen molar-refractivity contribution in [3.63, 3.8) is 0 Å². The minimum Gasteiger partial charge on any atom is -0.487 e. The van der Waals surface area contributed by atoms with Crippen LogP contribution in [0.4, 0.5) is 0 Å². The van der Waals surface area contributed by atoms with Gasteiger partial charge in [0.15, 0.2) is 0 Å². The van der Waals surface area contributed by atoms with E-state index in [9.17, 15) is 9.59 Å². The summed E-state index contributed by atoms with van der Waals surface area (Å²) in [5, 5.41) is 7.54. The van der Waals surface area contributed by atoms with Gasteiger partial charge < -0.3 is 15.4 Å². The summed E-state index contributed by atoms with van der Waals surface area (Å²) in [5.74, 6) is 0.217. The van der Waals surface area contributed by atoms with Crippen molar-refractivity contribution < 1.29 is 14.3 Å². The van der Waals surface area contributed by atoms with E-state index < -0.39 is 6.04 Å². The SMILES string of the molecule is O=C(N[C@H]1CCCCNC1=O)c1cccc(OCc2cscn2)c1. The standard InChI is InChI=1S/C17H19N3O3S/c21-16(20-15-6-1-2-7-18-17(15)22)12-4-3-5-14(8-12)23-9-13-10-24-11-19-13/h3-5,8,10-11,15H,1-2,6-7,9H2,(H,18,22)(H,20,21)/t15-/m0/s1. The van der Waals surface area contributed by atoms with Crippen molar-refractivity contribution in [2.75, 3.05) is 6.54 Å². The molecule has 0 bridgehead atoms. The fourth-order valence-electron chi connectivity index (χ4n) is 2.51. The molecule has 0 aliphatic carbocycles. The first-order valence-electron chi connectivity index (χ1n) is 7.91. The monoisotopic (exact) mass is 345 g/mol. The van der Waals surface area contributed by atoms with Gasteiger partial charge in [0.25, 0.3) is 5.91 Å². The van der Waals surface area contributed by atoms with Crippen LogP contribution in [0, 0.1) is 0 Å². The van der Waals surface area contributed by atoms with Crippen molar-refractivity contribution in [3.8, 4) is 5.75 Å². The molecule has 2 aromatic rings. The fraction of sp³-hybridized carbons (Fsp3) is 0.353. The molecular weight excluding hydrogens is 326 g/mol. The number of benzene rings is 1. The molecule has 1 fully saturated rings. The molecule has 7 heteroatoms. The molecule has 24 heavy (non-hydrogen) atoms. The number of hydrogen-bond donors (Lipinski definition) is 2. The minimum atomic E-state index is -0.473. The number of rotatable bonds is 5. The number of nitrogens with zero attached hydrogens (tertiary/aromatic N) is 1. The van der Waals surface area contributed by atoms with Crippen molar-refractivity contribution in [3.05, 3.63) is 46.4 Å². The normalized spacial score (nSPS) is 17.7. The highest BCUT2D eigenvalue weighted by atomic mass is 32.1. The van der Waals surface area contributed by atoms with E-state index in [1.165, 1.54) is 11.3 Å². The molecule has 2 amide bonds. The number of carbonyl (C=O) groups is 2. The maximum atomic E-state index is 12.4.